The summed E-state index contributed by atoms with van der Waals surface area (Å²) in [7, 11) is 1.49. The molecule has 0 saturated heterocycles. The molecular weight excluding hydrogens is 296 g/mol. The van der Waals surface area contributed by atoms with Crippen LogP contribution >= 0.6 is 0 Å². The van der Waals surface area contributed by atoms with E-state index in [1.165, 1.54) is 7.11 Å². The molecule has 126 valence electrons. The number of primary amides is 1. The van der Waals surface area contributed by atoms with E-state index in [1.807, 2.05) is 13.8 Å². The lowest BCUT2D eigenvalue weighted by Crippen LogP contribution is -2.48. The Bertz CT molecular complexity index is 572. The highest BCUT2D eigenvalue weighted by molar-refractivity contribution is 5.97. The first-order valence-corrected chi connectivity index (χ1v) is 7.46. The number of ether oxygens (including phenoxy) is 2. The third-order valence-electron chi connectivity index (χ3n) is 3.59. The van der Waals surface area contributed by atoms with Crippen LogP contribution < -0.4 is 20.5 Å². The number of benzene rings is 1. The second-order valence-corrected chi connectivity index (χ2v) is 5.20. The molecule has 0 saturated carbocycles. The molecule has 1 aromatic rings. The fraction of sp³-hybridized carbons (Fsp3) is 0.412. The monoisotopic (exact) mass is 320 g/mol. The molecule has 0 aromatic heterocycles. The first-order valence-electron chi connectivity index (χ1n) is 7.46. The van der Waals surface area contributed by atoms with E-state index >= 15 is 0 Å². The summed E-state index contributed by atoms with van der Waals surface area (Å²) in [5.74, 6) is -0.0437. The summed E-state index contributed by atoms with van der Waals surface area (Å²) in [6, 6.07) is 4.09. The van der Waals surface area contributed by atoms with E-state index in [2.05, 4.69) is 11.9 Å². The van der Waals surface area contributed by atoms with E-state index in [1.54, 1.807) is 24.3 Å². The topological polar surface area (TPSA) is 90.6 Å². The predicted molar refractivity (Wildman–Crippen MR) is 88.6 cm³/mol. The smallest absolute Gasteiger partial charge is 0.252 e. The van der Waals surface area contributed by atoms with Crippen molar-refractivity contribution in [2.45, 2.75) is 26.3 Å². The fourth-order valence-corrected chi connectivity index (χ4v) is 2.03. The molecule has 0 heterocycles. The number of rotatable bonds is 9. The molecule has 0 spiro atoms. The van der Waals surface area contributed by atoms with E-state index in [4.69, 9.17) is 15.2 Å². The summed E-state index contributed by atoms with van der Waals surface area (Å²) in [6.45, 7) is 7.71. The standard InChI is InChI=1S/C17H24N2O4/c1-5-9-23-13-8-7-12(10-14(13)22-4)17(21)19-15(16(18)20)11(3)6-2/h5,7-8,10-11,15H,1,6,9H2,2-4H3,(H2,18,20)(H,19,21). The van der Waals surface area contributed by atoms with Crippen molar-refractivity contribution in [3.05, 3.63) is 36.4 Å². The first-order chi connectivity index (χ1) is 10.9. The molecule has 23 heavy (non-hydrogen) atoms. The zero-order valence-electron chi connectivity index (χ0n) is 13.8. The van der Waals surface area contributed by atoms with Gasteiger partial charge in [0.25, 0.3) is 5.91 Å². The number of nitrogens with two attached hydrogens (primary N) is 1. The minimum atomic E-state index is -0.713. The Kier molecular flexibility index (Phi) is 7.12. The van der Waals surface area contributed by atoms with Gasteiger partial charge in [-0.2, -0.15) is 0 Å². The quantitative estimate of drug-likeness (QED) is 0.680. The molecule has 6 heteroatoms. The molecule has 0 bridgehead atoms. The summed E-state index contributed by atoms with van der Waals surface area (Å²) >= 11 is 0. The highest BCUT2D eigenvalue weighted by Crippen LogP contribution is 2.28. The lowest BCUT2D eigenvalue weighted by Gasteiger charge is -2.21. The van der Waals surface area contributed by atoms with Gasteiger partial charge in [0, 0.05) is 5.56 Å². The minimum absolute atomic E-state index is 0.0476. The molecule has 3 N–H and O–H groups in total. The second kappa shape index (κ2) is 8.82. The Labute approximate surface area is 136 Å². The van der Waals surface area contributed by atoms with Gasteiger partial charge in [-0.15, -0.1) is 0 Å². The molecule has 2 atom stereocenters. The summed E-state index contributed by atoms with van der Waals surface area (Å²) in [4.78, 5) is 23.9. The molecule has 0 aliphatic carbocycles. The van der Waals surface area contributed by atoms with Gasteiger partial charge in [0.05, 0.1) is 7.11 Å². The number of methoxy groups -OCH3 is 1. The van der Waals surface area contributed by atoms with Crippen LogP contribution in [0.4, 0.5) is 0 Å². The average molecular weight is 320 g/mol. The number of hydrogen-bond donors (Lipinski definition) is 2. The van der Waals surface area contributed by atoms with Crippen LogP contribution in [0.15, 0.2) is 30.9 Å². The molecule has 0 fully saturated rings. The van der Waals surface area contributed by atoms with Gasteiger partial charge in [0.15, 0.2) is 11.5 Å². The van der Waals surface area contributed by atoms with Crippen molar-refractivity contribution in [2.75, 3.05) is 13.7 Å². The Morgan fingerprint density at radius 2 is 2.09 bits per heavy atom. The van der Waals surface area contributed by atoms with Crippen LogP contribution in [-0.2, 0) is 4.79 Å². The van der Waals surface area contributed by atoms with Gasteiger partial charge in [-0.1, -0.05) is 32.9 Å². The number of carbonyl (C=O) groups excluding carboxylic acids is 2. The fourth-order valence-electron chi connectivity index (χ4n) is 2.03. The third kappa shape index (κ3) is 5.02. The third-order valence-corrected chi connectivity index (χ3v) is 3.59. The molecule has 2 unspecified atom stereocenters. The first kappa shape index (κ1) is 18.5. The van der Waals surface area contributed by atoms with Crippen molar-refractivity contribution in [1.29, 1.82) is 0 Å². The predicted octanol–water partition coefficient (Wildman–Crippen LogP) is 1.89. The van der Waals surface area contributed by atoms with Gasteiger partial charge in [-0.25, -0.2) is 0 Å². The van der Waals surface area contributed by atoms with Crippen molar-refractivity contribution >= 4 is 11.8 Å². The van der Waals surface area contributed by atoms with Crippen molar-refractivity contribution < 1.29 is 19.1 Å². The Hall–Kier alpha value is -2.50. The summed E-state index contributed by atoms with van der Waals surface area (Å²) in [6.07, 6.45) is 2.34. The molecular formula is C17H24N2O4. The summed E-state index contributed by atoms with van der Waals surface area (Å²) in [5, 5.41) is 2.67. The van der Waals surface area contributed by atoms with Crippen LogP contribution in [0.1, 0.15) is 30.6 Å². The zero-order valence-corrected chi connectivity index (χ0v) is 13.8. The second-order valence-electron chi connectivity index (χ2n) is 5.20. The highest BCUT2D eigenvalue weighted by atomic mass is 16.5. The number of amides is 2. The lowest BCUT2D eigenvalue weighted by atomic mass is 9.98. The van der Waals surface area contributed by atoms with Gasteiger partial charge in [0.2, 0.25) is 5.91 Å². The van der Waals surface area contributed by atoms with Crippen molar-refractivity contribution in [3.63, 3.8) is 0 Å². The van der Waals surface area contributed by atoms with Crippen molar-refractivity contribution in [1.82, 2.24) is 5.32 Å². The molecule has 0 aliphatic rings. The Morgan fingerprint density at radius 3 is 2.61 bits per heavy atom. The zero-order chi connectivity index (χ0) is 17.4. The SMILES string of the molecule is C=CCOc1ccc(C(=O)NC(C(N)=O)C(C)CC)cc1OC. The van der Waals surface area contributed by atoms with E-state index in [0.717, 1.165) is 6.42 Å². The largest absolute Gasteiger partial charge is 0.493 e. The van der Waals surface area contributed by atoms with E-state index in [0.29, 0.717) is 23.7 Å². The number of carbonyl (C=O) groups is 2. The van der Waals surface area contributed by atoms with E-state index < -0.39 is 11.9 Å². The van der Waals surface area contributed by atoms with Gasteiger partial charge >= 0.3 is 0 Å². The summed E-state index contributed by atoms with van der Waals surface area (Å²) < 4.78 is 10.7. The maximum absolute atomic E-state index is 12.3. The van der Waals surface area contributed by atoms with Crippen molar-refractivity contribution in [2.24, 2.45) is 11.7 Å². The van der Waals surface area contributed by atoms with Gasteiger partial charge < -0.3 is 20.5 Å². The Morgan fingerprint density at radius 1 is 1.39 bits per heavy atom. The van der Waals surface area contributed by atoms with Crippen LogP contribution in [0, 0.1) is 5.92 Å². The van der Waals surface area contributed by atoms with Crippen molar-refractivity contribution in [3.8, 4) is 11.5 Å². The highest BCUT2D eigenvalue weighted by Gasteiger charge is 2.24. The molecule has 2 amide bonds. The maximum Gasteiger partial charge on any atom is 0.252 e. The molecule has 0 radical (unpaired) electrons. The Balaban J connectivity index is 2.94. The van der Waals surface area contributed by atoms with Crippen LogP contribution in [0.25, 0.3) is 0 Å². The lowest BCUT2D eigenvalue weighted by molar-refractivity contribution is -0.120. The van der Waals surface area contributed by atoms with Gasteiger partial charge in [-0.3, -0.25) is 9.59 Å². The van der Waals surface area contributed by atoms with Gasteiger partial charge in [-0.05, 0) is 24.1 Å². The minimum Gasteiger partial charge on any atom is -0.493 e. The molecule has 0 aliphatic heterocycles. The molecule has 1 rings (SSSR count). The van der Waals surface area contributed by atoms with Crippen LogP contribution in [0.2, 0.25) is 0 Å². The van der Waals surface area contributed by atoms with E-state index in [-0.39, 0.29) is 11.8 Å². The normalized spacial score (nSPS) is 12.8. The molecule has 6 nitrogen and oxygen atoms in total. The van der Waals surface area contributed by atoms with E-state index in [9.17, 15) is 9.59 Å². The number of nitrogens with one attached hydrogen (secondary N) is 1. The van der Waals surface area contributed by atoms with Gasteiger partial charge in [0.1, 0.15) is 12.6 Å². The number of hydrogen-bond acceptors (Lipinski definition) is 4. The van der Waals surface area contributed by atoms with Crippen LogP contribution in [0.3, 0.4) is 0 Å². The molecule has 1 aromatic carbocycles. The summed E-state index contributed by atoms with van der Waals surface area (Å²) in [5.41, 5.74) is 5.73. The van der Waals surface area contributed by atoms with Crippen LogP contribution in [0.5, 0.6) is 11.5 Å². The average Bonchev–Trinajstić information content (AvgIpc) is 2.56. The van der Waals surface area contributed by atoms with Crippen LogP contribution in [-0.4, -0.2) is 31.6 Å². The maximum atomic E-state index is 12.3.